The molecule has 1 aromatic carbocycles. The molecule has 128 valence electrons. The van der Waals surface area contributed by atoms with E-state index in [-0.39, 0.29) is 6.10 Å². The zero-order chi connectivity index (χ0) is 17.2. The number of benzene rings is 1. The molecule has 25 heavy (non-hydrogen) atoms. The first-order chi connectivity index (χ1) is 12.2. The maximum Gasteiger partial charge on any atom is 0.223 e. The van der Waals surface area contributed by atoms with Crippen LogP contribution in [0.15, 0.2) is 42.9 Å². The molecule has 1 aliphatic rings. The lowest BCUT2D eigenvalue weighted by atomic mass is 9.93. The molecule has 0 spiro atoms. The number of rotatable bonds is 3. The van der Waals surface area contributed by atoms with Gasteiger partial charge in [0.15, 0.2) is 0 Å². The van der Waals surface area contributed by atoms with E-state index >= 15 is 0 Å². The summed E-state index contributed by atoms with van der Waals surface area (Å²) in [5.74, 6) is 0.666. The lowest BCUT2D eigenvalue weighted by Crippen LogP contribution is -2.28. The lowest BCUT2D eigenvalue weighted by molar-refractivity contribution is 0.126. The summed E-state index contributed by atoms with van der Waals surface area (Å²) in [6, 6.07) is 8.59. The second kappa shape index (κ2) is 6.76. The molecule has 0 amide bonds. The molecular weight excluding hydrogens is 312 g/mol. The Balaban J connectivity index is 1.58. The van der Waals surface area contributed by atoms with Crippen LogP contribution in [0.3, 0.4) is 0 Å². The summed E-state index contributed by atoms with van der Waals surface area (Å²) >= 11 is 0. The molecule has 0 unspecified atom stereocenters. The average Bonchev–Trinajstić information content (AvgIpc) is 2.64. The van der Waals surface area contributed by atoms with Gasteiger partial charge in [-0.25, -0.2) is 9.97 Å². The molecule has 1 saturated carbocycles. The van der Waals surface area contributed by atoms with Gasteiger partial charge in [-0.3, -0.25) is 4.98 Å². The van der Waals surface area contributed by atoms with Crippen molar-refractivity contribution in [1.82, 2.24) is 15.0 Å². The van der Waals surface area contributed by atoms with Gasteiger partial charge < -0.3 is 10.4 Å². The first-order valence-electron chi connectivity index (χ1n) is 8.81. The second-order valence-electron chi connectivity index (χ2n) is 6.81. The standard InChI is InChI=1S/C20H22N4O/c1-13-8-9-21-12-18(13)14-2-7-19-15(10-14)11-22-20(24-19)23-16-3-5-17(25)6-4-16/h2,7-12,16-17,25H,3-6H2,1H3,(H,22,23,24). The van der Waals surface area contributed by atoms with Crippen LogP contribution in [0.1, 0.15) is 31.2 Å². The zero-order valence-corrected chi connectivity index (χ0v) is 14.3. The normalized spacial score (nSPS) is 20.6. The number of aliphatic hydroxyl groups excluding tert-OH is 1. The minimum absolute atomic E-state index is 0.148. The number of hydrogen-bond acceptors (Lipinski definition) is 5. The van der Waals surface area contributed by atoms with E-state index in [1.54, 1.807) is 0 Å². The minimum atomic E-state index is -0.148. The molecule has 0 atom stereocenters. The Morgan fingerprint density at radius 3 is 2.72 bits per heavy atom. The Bertz CT molecular complexity index is 888. The third-order valence-electron chi connectivity index (χ3n) is 4.96. The third kappa shape index (κ3) is 3.46. The number of aliphatic hydroxyl groups is 1. The van der Waals surface area contributed by atoms with Crippen molar-refractivity contribution in [3.63, 3.8) is 0 Å². The molecular formula is C20H22N4O. The fourth-order valence-electron chi connectivity index (χ4n) is 3.44. The SMILES string of the molecule is Cc1ccncc1-c1ccc2nc(NC3CCC(O)CC3)ncc2c1. The molecule has 1 fully saturated rings. The smallest absolute Gasteiger partial charge is 0.223 e. The van der Waals surface area contributed by atoms with Gasteiger partial charge in [-0.15, -0.1) is 0 Å². The lowest BCUT2D eigenvalue weighted by Gasteiger charge is -2.26. The Morgan fingerprint density at radius 2 is 1.92 bits per heavy atom. The maximum atomic E-state index is 9.61. The molecule has 2 N–H and O–H groups in total. The Morgan fingerprint density at radius 1 is 1.08 bits per heavy atom. The predicted molar refractivity (Wildman–Crippen MR) is 99.4 cm³/mol. The molecule has 5 heteroatoms. The zero-order valence-electron chi connectivity index (χ0n) is 14.3. The van der Waals surface area contributed by atoms with E-state index in [9.17, 15) is 5.11 Å². The quantitative estimate of drug-likeness (QED) is 0.764. The largest absolute Gasteiger partial charge is 0.393 e. The van der Waals surface area contributed by atoms with Crippen LogP contribution in [0, 0.1) is 6.92 Å². The van der Waals surface area contributed by atoms with Gasteiger partial charge in [0.25, 0.3) is 0 Å². The molecule has 2 heterocycles. The van der Waals surface area contributed by atoms with Crippen LogP contribution in [-0.2, 0) is 0 Å². The van der Waals surface area contributed by atoms with Gasteiger partial charge in [-0.1, -0.05) is 6.07 Å². The number of nitrogens with one attached hydrogen (secondary N) is 1. The van der Waals surface area contributed by atoms with Crippen molar-refractivity contribution in [3.05, 3.63) is 48.4 Å². The topological polar surface area (TPSA) is 70.9 Å². The summed E-state index contributed by atoms with van der Waals surface area (Å²) in [5.41, 5.74) is 4.39. The van der Waals surface area contributed by atoms with Crippen LogP contribution in [0.2, 0.25) is 0 Å². The predicted octanol–water partition coefficient (Wildman–Crippen LogP) is 3.72. The Hall–Kier alpha value is -2.53. The van der Waals surface area contributed by atoms with E-state index < -0.39 is 0 Å². The highest BCUT2D eigenvalue weighted by molar-refractivity contribution is 5.85. The van der Waals surface area contributed by atoms with Gasteiger partial charge in [-0.2, -0.15) is 0 Å². The number of fused-ring (bicyclic) bond motifs is 1. The van der Waals surface area contributed by atoms with Crippen molar-refractivity contribution in [3.8, 4) is 11.1 Å². The van der Waals surface area contributed by atoms with E-state index in [0.29, 0.717) is 12.0 Å². The van der Waals surface area contributed by atoms with Crippen LogP contribution < -0.4 is 5.32 Å². The number of anilines is 1. The van der Waals surface area contributed by atoms with Crippen molar-refractivity contribution in [2.24, 2.45) is 0 Å². The highest BCUT2D eigenvalue weighted by atomic mass is 16.3. The third-order valence-corrected chi connectivity index (χ3v) is 4.96. The molecule has 0 radical (unpaired) electrons. The minimum Gasteiger partial charge on any atom is -0.393 e. The molecule has 0 bridgehead atoms. The van der Waals surface area contributed by atoms with Crippen LogP contribution in [-0.4, -0.2) is 32.2 Å². The Labute approximate surface area is 147 Å². The number of aromatic nitrogens is 3. The molecule has 3 aromatic rings. The van der Waals surface area contributed by atoms with Crippen molar-refractivity contribution in [1.29, 1.82) is 0 Å². The van der Waals surface area contributed by atoms with E-state index in [1.807, 2.05) is 30.7 Å². The molecule has 2 aromatic heterocycles. The average molecular weight is 334 g/mol. The van der Waals surface area contributed by atoms with E-state index in [0.717, 1.165) is 47.7 Å². The van der Waals surface area contributed by atoms with Crippen molar-refractivity contribution in [2.45, 2.75) is 44.8 Å². The molecule has 5 nitrogen and oxygen atoms in total. The van der Waals surface area contributed by atoms with Gasteiger partial charge in [0.2, 0.25) is 5.95 Å². The van der Waals surface area contributed by atoms with Crippen LogP contribution in [0.5, 0.6) is 0 Å². The van der Waals surface area contributed by atoms with E-state index in [2.05, 4.69) is 39.3 Å². The monoisotopic (exact) mass is 334 g/mol. The number of aryl methyl sites for hydroxylation is 1. The number of hydrogen-bond donors (Lipinski definition) is 2. The highest BCUT2D eigenvalue weighted by Crippen LogP contribution is 2.26. The first kappa shape index (κ1) is 16.0. The van der Waals surface area contributed by atoms with Crippen molar-refractivity contribution < 1.29 is 5.11 Å². The van der Waals surface area contributed by atoms with Gasteiger partial charge in [0, 0.05) is 35.6 Å². The van der Waals surface area contributed by atoms with Crippen molar-refractivity contribution >= 4 is 16.9 Å². The molecule has 4 rings (SSSR count). The fraction of sp³-hybridized carbons (Fsp3) is 0.350. The van der Waals surface area contributed by atoms with Gasteiger partial charge in [0.1, 0.15) is 0 Å². The van der Waals surface area contributed by atoms with Gasteiger partial charge >= 0.3 is 0 Å². The molecule has 0 aliphatic heterocycles. The van der Waals surface area contributed by atoms with Crippen LogP contribution >= 0.6 is 0 Å². The fourth-order valence-corrected chi connectivity index (χ4v) is 3.44. The molecule has 1 aliphatic carbocycles. The van der Waals surface area contributed by atoms with Gasteiger partial charge in [0.05, 0.1) is 11.6 Å². The van der Waals surface area contributed by atoms with Crippen molar-refractivity contribution in [2.75, 3.05) is 5.32 Å². The highest BCUT2D eigenvalue weighted by Gasteiger charge is 2.19. The maximum absolute atomic E-state index is 9.61. The van der Waals surface area contributed by atoms with Crippen LogP contribution in [0.4, 0.5) is 5.95 Å². The van der Waals surface area contributed by atoms with E-state index in [1.165, 1.54) is 5.56 Å². The van der Waals surface area contributed by atoms with Gasteiger partial charge in [-0.05, 0) is 61.9 Å². The van der Waals surface area contributed by atoms with E-state index in [4.69, 9.17) is 0 Å². The summed E-state index contributed by atoms with van der Waals surface area (Å²) in [4.78, 5) is 13.3. The second-order valence-corrected chi connectivity index (χ2v) is 6.81. The number of nitrogens with zero attached hydrogens (tertiary/aromatic N) is 3. The summed E-state index contributed by atoms with van der Waals surface area (Å²) in [5, 5.41) is 14.0. The molecule has 0 saturated heterocycles. The summed E-state index contributed by atoms with van der Waals surface area (Å²) in [6.07, 6.45) is 9.04. The summed E-state index contributed by atoms with van der Waals surface area (Å²) in [6.45, 7) is 2.09. The summed E-state index contributed by atoms with van der Waals surface area (Å²) < 4.78 is 0. The Kier molecular flexibility index (Phi) is 4.32. The van der Waals surface area contributed by atoms with Crippen LogP contribution in [0.25, 0.3) is 22.0 Å². The number of pyridine rings is 1. The first-order valence-corrected chi connectivity index (χ1v) is 8.81. The summed E-state index contributed by atoms with van der Waals surface area (Å²) in [7, 11) is 0.